The molecule has 0 saturated heterocycles. The number of aromatic nitrogens is 2. The van der Waals surface area contributed by atoms with Crippen molar-refractivity contribution in [2.24, 2.45) is 0 Å². The number of benzene rings is 3. The first-order chi connectivity index (χ1) is 17.6. The third kappa shape index (κ3) is 5.05. The van der Waals surface area contributed by atoms with Crippen LogP contribution >= 0.6 is 0 Å². The van der Waals surface area contributed by atoms with Gasteiger partial charge in [-0.1, -0.05) is 6.07 Å². The number of nitrogen functional groups attached to an aromatic ring is 1. The molecule has 5 rings (SSSR count). The second-order valence-electron chi connectivity index (χ2n) is 8.03. The molecule has 5 N–H and O–H groups in total. The quantitative estimate of drug-likeness (QED) is 0.245. The summed E-state index contributed by atoms with van der Waals surface area (Å²) in [5.41, 5.74) is 11.5. The van der Waals surface area contributed by atoms with Gasteiger partial charge in [0.05, 0.1) is 17.1 Å². The molecule has 0 aliphatic carbocycles. The Kier molecular flexibility index (Phi) is 6.11. The van der Waals surface area contributed by atoms with E-state index in [1.54, 1.807) is 42.7 Å². The molecule has 8 nitrogen and oxygen atoms in total. The molecule has 5 aromatic rings. The molecule has 36 heavy (non-hydrogen) atoms. The Morgan fingerprint density at radius 2 is 1.56 bits per heavy atom. The summed E-state index contributed by atoms with van der Waals surface area (Å²) < 4.78 is 0. The molecule has 0 bridgehead atoms. The number of hydrogen-bond acceptors (Lipinski definition) is 7. The number of nitriles is 1. The van der Waals surface area contributed by atoms with Crippen LogP contribution in [0.4, 0.5) is 34.3 Å². The predicted octanol–water partition coefficient (Wildman–Crippen LogP) is 5.82. The van der Waals surface area contributed by atoms with E-state index >= 15 is 0 Å². The first-order valence-electron chi connectivity index (χ1n) is 11.1. The van der Waals surface area contributed by atoms with Crippen molar-refractivity contribution in [3.05, 3.63) is 108 Å². The van der Waals surface area contributed by atoms with Gasteiger partial charge in [0, 0.05) is 57.8 Å². The van der Waals surface area contributed by atoms with Gasteiger partial charge in [-0.05, 0) is 72.8 Å². The number of carbonyl (C=O) groups excluding carboxylic acids is 1. The highest BCUT2D eigenvalue weighted by Gasteiger charge is 2.09. The van der Waals surface area contributed by atoms with Gasteiger partial charge >= 0.3 is 0 Å². The SMILES string of the molecule is N#Cc1ccc2nccc(Nc3cccc(C(=O)Nc4ccc(Nc5ccnc(N)c5)cc4)c3)c2c1. The molecule has 8 heteroatoms. The number of hydrogen-bond donors (Lipinski definition) is 4. The van der Waals surface area contributed by atoms with Crippen LogP contribution in [0.1, 0.15) is 15.9 Å². The molecular weight excluding hydrogens is 450 g/mol. The fraction of sp³-hybridized carbons (Fsp3) is 0. The Balaban J connectivity index is 1.29. The minimum atomic E-state index is -0.229. The van der Waals surface area contributed by atoms with Crippen LogP contribution in [0.2, 0.25) is 0 Å². The van der Waals surface area contributed by atoms with E-state index in [9.17, 15) is 10.1 Å². The minimum Gasteiger partial charge on any atom is -0.384 e. The number of nitrogens with one attached hydrogen (secondary N) is 3. The van der Waals surface area contributed by atoms with Crippen molar-refractivity contribution >= 4 is 51.1 Å². The highest BCUT2D eigenvalue weighted by molar-refractivity contribution is 6.05. The fourth-order valence-electron chi connectivity index (χ4n) is 3.75. The Morgan fingerprint density at radius 3 is 2.36 bits per heavy atom. The summed E-state index contributed by atoms with van der Waals surface area (Å²) in [6.07, 6.45) is 3.34. The average molecular weight is 472 g/mol. The average Bonchev–Trinajstić information content (AvgIpc) is 2.90. The van der Waals surface area contributed by atoms with Crippen LogP contribution in [0, 0.1) is 11.3 Å². The van der Waals surface area contributed by atoms with E-state index in [-0.39, 0.29) is 5.91 Å². The molecule has 0 unspecified atom stereocenters. The Hall–Kier alpha value is -5.42. The Bertz CT molecular complexity index is 1610. The fourth-order valence-corrected chi connectivity index (χ4v) is 3.75. The molecule has 0 aliphatic heterocycles. The number of nitrogens with two attached hydrogens (primary N) is 1. The molecule has 3 aromatic carbocycles. The number of amides is 1. The number of fused-ring (bicyclic) bond motifs is 1. The van der Waals surface area contributed by atoms with Gasteiger partial charge in [0.2, 0.25) is 0 Å². The van der Waals surface area contributed by atoms with Crippen LogP contribution in [-0.4, -0.2) is 15.9 Å². The van der Waals surface area contributed by atoms with Crippen LogP contribution in [0.25, 0.3) is 10.9 Å². The van der Waals surface area contributed by atoms with Crippen LogP contribution < -0.4 is 21.7 Å². The van der Waals surface area contributed by atoms with E-state index in [2.05, 4.69) is 32.0 Å². The van der Waals surface area contributed by atoms with Gasteiger partial charge in [0.25, 0.3) is 5.91 Å². The van der Waals surface area contributed by atoms with Gasteiger partial charge in [-0.15, -0.1) is 0 Å². The van der Waals surface area contributed by atoms with Crippen molar-refractivity contribution < 1.29 is 4.79 Å². The summed E-state index contributed by atoms with van der Waals surface area (Å²) in [5, 5.41) is 19.6. The Morgan fingerprint density at radius 1 is 0.778 bits per heavy atom. The third-order valence-corrected chi connectivity index (χ3v) is 5.49. The van der Waals surface area contributed by atoms with E-state index < -0.39 is 0 Å². The lowest BCUT2D eigenvalue weighted by Crippen LogP contribution is -2.12. The molecule has 2 heterocycles. The largest absolute Gasteiger partial charge is 0.384 e. The predicted molar refractivity (Wildman–Crippen MR) is 143 cm³/mol. The third-order valence-electron chi connectivity index (χ3n) is 5.49. The van der Waals surface area contributed by atoms with E-state index in [0.717, 1.165) is 33.7 Å². The zero-order valence-corrected chi connectivity index (χ0v) is 19.1. The molecule has 0 fully saturated rings. The van der Waals surface area contributed by atoms with Gasteiger partial charge in [0.1, 0.15) is 5.82 Å². The standard InChI is InChI=1S/C28H21N7O/c29-17-18-4-9-25-24(14-18)26(11-13-31-25)34-22-3-1-2-19(15-22)28(36)35-21-7-5-20(6-8-21)33-23-10-12-32-27(30)16-23/h1-16H,(H,31,34)(H,35,36)(H3,30,32,33). The van der Waals surface area contributed by atoms with Crippen molar-refractivity contribution in [2.75, 3.05) is 21.7 Å². The summed E-state index contributed by atoms with van der Waals surface area (Å²) in [6.45, 7) is 0. The number of carbonyl (C=O) groups is 1. The zero-order valence-electron chi connectivity index (χ0n) is 19.1. The van der Waals surface area contributed by atoms with Gasteiger partial charge in [-0.25, -0.2) is 4.98 Å². The van der Waals surface area contributed by atoms with Crippen LogP contribution in [0.3, 0.4) is 0 Å². The van der Waals surface area contributed by atoms with Crippen molar-refractivity contribution in [1.82, 2.24) is 9.97 Å². The highest BCUT2D eigenvalue weighted by atomic mass is 16.1. The van der Waals surface area contributed by atoms with Gasteiger partial charge in [-0.2, -0.15) is 5.26 Å². The second-order valence-corrected chi connectivity index (χ2v) is 8.03. The second kappa shape index (κ2) is 9.83. The first kappa shape index (κ1) is 22.4. The van der Waals surface area contributed by atoms with E-state index in [1.165, 1.54) is 0 Å². The molecular formula is C28H21N7O. The summed E-state index contributed by atoms with van der Waals surface area (Å²) >= 11 is 0. The van der Waals surface area contributed by atoms with Crippen molar-refractivity contribution in [3.8, 4) is 6.07 Å². The maximum Gasteiger partial charge on any atom is 0.255 e. The van der Waals surface area contributed by atoms with Crippen LogP contribution in [0.15, 0.2) is 97.3 Å². The molecule has 0 aliphatic rings. The minimum absolute atomic E-state index is 0.229. The van der Waals surface area contributed by atoms with Gasteiger partial charge < -0.3 is 21.7 Å². The van der Waals surface area contributed by atoms with Gasteiger partial charge in [-0.3, -0.25) is 9.78 Å². The molecule has 0 atom stereocenters. The number of rotatable bonds is 6. The van der Waals surface area contributed by atoms with Crippen LogP contribution in [-0.2, 0) is 0 Å². The maximum absolute atomic E-state index is 12.9. The first-order valence-corrected chi connectivity index (χ1v) is 11.1. The molecule has 174 valence electrons. The molecule has 0 radical (unpaired) electrons. The summed E-state index contributed by atoms with van der Waals surface area (Å²) in [4.78, 5) is 21.2. The number of anilines is 6. The molecule has 0 spiro atoms. The normalized spacial score (nSPS) is 10.4. The monoisotopic (exact) mass is 471 g/mol. The Labute approximate surface area is 207 Å². The topological polar surface area (TPSA) is 129 Å². The van der Waals surface area contributed by atoms with Crippen molar-refractivity contribution in [3.63, 3.8) is 0 Å². The molecule has 0 saturated carbocycles. The lowest BCUT2D eigenvalue weighted by atomic mass is 10.1. The smallest absolute Gasteiger partial charge is 0.255 e. The summed E-state index contributed by atoms with van der Waals surface area (Å²) in [5.74, 6) is 0.206. The maximum atomic E-state index is 12.9. The van der Waals surface area contributed by atoms with E-state index in [1.807, 2.05) is 54.6 Å². The highest BCUT2D eigenvalue weighted by Crippen LogP contribution is 2.27. The molecule has 2 aromatic heterocycles. The van der Waals surface area contributed by atoms with Gasteiger partial charge in [0.15, 0.2) is 0 Å². The van der Waals surface area contributed by atoms with E-state index in [4.69, 9.17) is 5.73 Å². The summed E-state index contributed by atoms with van der Waals surface area (Å²) in [7, 11) is 0. The van der Waals surface area contributed by atoms with Crippen LogP contribution in [0.5, 0.6) is 0 Å². The number of pyridine rings is 2. The lowest BCUT2D eigenvalue weighted by molar-refractivity contribution is 0.102. The number of nitrogens with zero attached hydrogens (tertiary/aromatic N) is 3. The lowest BCUT2D eigenvalue weighted by Gasteiger charge is -2.12. The summed E-state index contributed by atoms with van der Waals surface area (Å²) in [6, 6.07) is 27.5. The molecule has 1 amide bonds. The van der Waals surface area contributed by atoms with Crippen molar-refractivity contribution in [1.29, 1.82) is 5.26 Å². The zero-order chi connectivity index (χ0) is 24.9. The van der Waals surface area contributed by atoms with Crippen molar-refractivity contribution in [2.45, 2.75) is 0 Å². The van der Waals surface area contributed by atoms with E-state index in [0.29, 0.717) is 22.6 Å².